The Bertz CT molecular complexity index is 3210. The van der Waals surface area contributed by atoms with E-state index in [-0.39, 0.29) is 63.5 Å². The van der Waals surface area contributed by atoms with Crippen LogP contribution in [0.1, 0.15) is 178 Å². The topological polar surface area (TPSA) is 289 Å². The fourth-order valence-electron chi connectivity index (χ4n) is 11.2. The van der Waals surface area contributed by atoms with Crippen molar-refractivity contribution < 1.29 is 64.9 Å². The summed E-state index contributed by atoms with van der Waals surface area (Å²) in [7, 11) is -16.4. The smallest absolute Gasteiger partial charge is 0.408 e. The summed E-state index contributed by atoms with van der Waals surface area (Å²) in [4.78, 5) is 118. The van der Waals surface area contributed by atoms with Crippen LogP contribution in [0.3, 0.4) is 0 Å². The van der Waals surface area contributed by atoms with Crippen LogP contribution in [0.15, 0.2) is 29.3 Å². The lowest BCUT2D eigenvalue weighted by Gasteiger charge is -2.43. The minimum atomic E-state index is -2.99. The van der Waals surface area contributed by atoms with E-state index in [0.717, 1.165) is 5.56 Å². The molecule has 104 heavy (non-hydrogen) atoms. The van der Waals surface area contributed by atoms with Crippen molar-refractivity contribution in [2.45, 2.75) is 360 Å². The highest BCUT2D eigenvalue weighted by Crippen LogP contribution is 2.45. The molecule has 7 amide bonds. The third kappa shape index (κ3) is 23.6. The molecular weight excluding hydrogens is 1420 g/mol. The Hall–Kier alpha value is -4.32. The van der Waals surface area contributed by atoms with Crippen molar-refractivity contribution in [3.8, 4) is 5.75 Å². The molecule has 23 nitrogen and oxygen atoms in total. The lowest BCUT2D eigenvalue weighted by Crippen LogP contribution is -2.66. The summed E-state index contributed by atoms with van der Waals surface area (Å²) in [5, 5.41) is 13.1. The normalized spacial score (nSPS) is 24.9. The van der Waals surface area contributed by atoms with Gasteiger partial charge in [-0.15, -0.1) is 0 Å². The zero-order valence-corrected chi connectivity index (χ0v) is 77.1. The van der Waals surface area contributed by atoms with Crippen LogP contribution >= 0.6 is 0 Å². The van der Waals surface area contributed by atoms with Crippen LogP contribution in [0.4, 0.5) is 4.79 Å². The van der Waals surface area contributed by atoms with Gasteiger partial charge in [0.2, 0.25) is 43.8 Å². The van der Waals surface area contributed by atoms with E-state index in [1.54, 1.807) is 34.6 Å². The Morgan fingerprint density at radius 2 is 0.971 bits per heavy atom. The number of carbonyl (C=O) groups is 7. The van der Waals surface area contributed by atoms with E-state index in [1.165, 1.54) is 9.80 Å². The molecular formula is C75H143N9O14Si6. The van der Waals surface area contributed by atoms with Crippen molar-refractivity contribution in [1.29, 1.82) is 0 Å². The number of amidine groups is 1. The largest absolute Gasteiger partial charge is 0.544 e. The standard InChI is InChI=1S/C75H143N9O14Si6/c1-47-45-84-60(61(47)98-104(35,36)75(22,23)24)65(88)78-44-56(76)77-43-53(79-68(91)92-69(4,5)6)62(85)80-57(48(2)93-99(25,26)70(7,8)9)66(89)83-46-52(96-102(31,32)73(16,17)18)42-54(83)63(86)82-59(64(87)81-58(67(84)90)49(3)94-100(27,28)71(10,11)12)55(97-103(33,34)74(19,20)21)41-50-37-39-51(40-38-50)95-101(29,30)72(13,14)15/h37-40,47-49,52-55,57-61H,41-46H2,1-36H3,(H2,76,77)(H,78,88)(H,79,91)(H,80,85)(H,81,87)(H,82,86)/t47-,48?,49?,52+,53-,54-,55+,57-,58-,59-,60-,61-/m0/s1. The Labute approximate surface area is 633 Å². The molecule has 3 aliphatic rings. The molecule has 596 valence electrons. The maximum absolute atomic E-state index is 16.8. The third-order valence-corrected chi connectivity index (χ3v) is 50.9. The van der Waals surface area contributed by atoms with E-state index in [1.807, 2.05) is 44.3 Å². The highest BCUT2D eigenvalue weighted by molar-refractivity contribution is 6.76. The predicted octanol–water partition coefficient (Wildman–Crippen LogP) is 12.9. The molecule has 2 unspecified atom stereocenters. The van der Waals surface area contributed by atoms with Gasteiger partial charge >= 0.3 is 6.09 Å². The first-order chi connectivity index (χ1) is 46.5. The van der Waals surface area contributed by atoms with Crippen molar-refractivity contribution in [2.24, 2.45) is 16.6 Å². The van der Waals surface area contributed by atoms with E-state index in [0.29, 0.717) is 5.75 Å². The number of hydrogen-bond acceptors (Lipinski definition) is 16. The highest BCUT2D eigenvalue weighted by atomic mass is 28.4. The molecule has 1 aromatic rings. The fraction of sp³-hybridized carbons (Fsp3) is 0.813. The van der Waals surface area contributed by atoms with Crippen molar-refractivity contribution in [3.05, 3.63) is 29.8 Å². The zero-order chi connectivity index (χ0) is 80.6. The summed E-state index contributed by atoms with van der Waals surface area (Å²) < 4.78 is 48.6. The van der Waals surface area contributed by atoms with Gasteiger partial charge < -0.3 is 73.4 Å². The summed E-state index contributed by atoms with van der Waals surface area (Å²) >= 11 is 0. The Balaban J connectivity index is 2.27. The molecule has 4 rings (SSSR count). The molecule has 0 radical (unpaired) electrons. The summed E-state index contributed by atoms with van der Waals surface area (Å²) in [5.74, 6) is -4.22. The van der Waals surface area contributed by atoms with Crippen LogP contribution in [0.25, 0.3) is 0 Å². The number of nitrogens with zero attached hydrogens (tertiary/aromatic N) is 3. The average molecular weight is 1560 g/mol. The lowest BCUT2D eigenvalue weighted by atomic mass is 9.99. The molecule has 0 bridgehead atoms. The molecule has 2 saturated heterocycles. The number of carbonyl (C=O) groups excluding carboxylic acids is 7. The minimum Gasteiger partial charge on any atom is -0.544 e. The summed E-state index contributed by atoms with van der Waals surface area (Å²) in [6.45, 7) is 72.3. The van der Waals surface area contributed by atoms with Crippen LogP contribution in [0.2, 0.25) is 109 Å². The van der Waals surface area contributed by atoms with Crippen molar-refractivity contribution in [2.75, 3.05) is 26.2 Å². The number of rotatable bonds is 18. The van der Waals surface area contributed by atoms with Crippen LogP contribution in [-0.2, 0) is 62.1 Å². The molecule has 0 aliphatic carbocycles. The van der Waals surface area contributed by atoms with E-state index >= 15 is 28.8 Å². The van der Waals surface area contributed by atoms with Gasteiger partial charge in [0.15, 0.2) is 41.6 Å². The van der Waals surface area contributed by atoms with Crippen LogP contribution < -0.4 is 36.7 Å². The first-order valence-electron chi connectivity index (χ1n) is 37.7. The molecule has 12 atom stereocenters. The van der Waals surface area contributed by atoms with Gasteiger partial charge in [-0.25, -0.2) is 4.79 Å². The van der Waals surface area contributed by atoms with Gasteiger partial charge in [0, 0.05) is 25.4 Å². The van der Waals surface area contributed by atoms with Crippen molar-refractivity contribution in [3.63, 3.8) is 0 Å². The van der Waals surface area contributed by atoms with Gasteiger partial charge in [-0.05, 0) is 168 Å². The second kappa shape index (κ2) is 33.1. The van der Waals surface area contributed by atoms with Gasteiger partial charge in [-0.1, -0.05) is 144 Å². The van der Waals surface area contributed by atoms with Crippen LogP contribution in [-0.4, -0.2) is 206 Å². The molecule has 7 N–H and O–H groups in total. The summed E-state index contributed by atoms with van der Waals surface area (Å²) in [6.07, 6.45) is -5.72. The van der Waals surface area contributed by atoms with Gasteiger partial charge in [0.25, 0.3) is 0 Å². The van der Waals surface area contributed by atoms with E-state index in [2.05, 4.69) is 222 Å². The molecule has 3 aliphatic heterocycles. The number of aliphatic imine (C=N–C) groups is 1. The Morgan fingerprint density at radius 1 is 0.548 bits per heavy atom. The van der Waals surface area contributed by atoms with Crippen molar-refractivity contribution in [1.82, 2.24) is 36.4 Å². The number of benzene rings is 1. The second-order valence-corrected chi connectivity index (χ2v) is 68.5. The predicted molar refractivity (Wildman–Crippen MR) is 433 cm³/mol. The minimum absolute atomic E-state index is 0.0238. The van der Waals surface area contributed by atoms with Gasteiger partial charge in [0.05, 0.1) is 43.6 Å². The first kappa shape index (κ1) is 92.1. The van der Waals surface area contributed by atoms with Gasteiger partial charge in [-0.3, -0.25) is 33.8 Å². The van der Waals surface area contributed by atoms with Crippen molar-refractivity contribution >= 4 is 97.3 Å². The molecule has 1 aromatic carbocycles. The van der Waals surface area contributed by atoms with E-state index in [9.17, 15) is 4.79 Å². The zero-order valence-electron chi connectivity index (χ0n) is 71.1. The molecule has 0 spiro atoms. The fourth-order valence-corrected chi connectivity index (χ4v) is 19.1. The summed E-state index contributed by atoms with van der Waals surface area (Å²) in [5.41, 5.74) is 6.48. The van der Waals surface area contributed by atoms with E-state index < -0.39 is 181 Å². The van der Waals surface area contributed by atoms with Crippen LogP contribution in [0.5, 0.6) is 5.75 Å². The van der Waals surface area contributed by atoms with Gasteiger partial charge in [0.1, 0.15) is 53.4 Å². The molecule has 29 heteroatoms. The SMILES string of the molecule is CC(O[Si](C)(C)C(C)(C)C)[C@@H]1NC(=O)[C@H]([C@@H](Cc2ccc(O[Si](C)(C)C(C)(C)C)cc2)O[Si](C)(C)C(C)(C)C)NC(=O)[C@@H]2C[C@@H](O[Si](C)(C)C(C)(C)C)CN2C(=O)[C@H](C(C)O[Si](C)(C)C(C)(C)C)NC(=O)[C@@H](NC(=O)OC(C)(C)C)CN=C(N)CNC(=O)[C@@H]2[C@@H](O[Si](C)(C)C(C)(C)C)[C@@H](C)CN2C1=O. The lowest BCUT2D eigenvalue weighted by molar-refractivity contribution is -0.146. The highest BCUT2D eigenvalue weighted by Gasteiger charge is 2.56. The van der Waals surface area contributed by atoms with Gasteiger partial charge in [-0.2, -0.15) is 0 Å². The summed E-state index contributed by atoms with van der Waals surface area (Å²) in [6, 6.07) is -1.09. The number of amides is 7. The number of nitrogens with one attached hydrogen (secondary N) is 5. The number of hydrogen-bond donors (Lipinski definition) is 6. The number of fused-ring (bicyclic) bond motifs is 2. The monoisotopic (exact) mass is 1560 g/mol. The number of ether oxygens (including phenoxy) is 1. The molecule has 0 saturated carbocycles. The van der Waals surface area contributed by atoms with Crippen LogP contribution in [0, 0.1) is 5.92 Å². The Kier molecular flexibility index (Phi) is 29.3. The number of alkyl carbamates (subject to hydrolysis) is 1. The molecule has 3 heterocycles. The Morgan fingerprint density at radius 3 is 1.42 bits per heavy atom. The maximum Gasteiger partial charge on any atom is 0.408 e. The first-order valence-corrected chi connectivity index (χ1v) is 55.2. The molecule has 0 aromatic heterocycles. The maximum atomic E-state index is 16.8. The number of nitrogens with two attached hydrogens (primary N) is 1. The second-order valence-electron chi connectivity index (χ2n) is 40.0. The quantitative estimate of drug-likeness (QED) is 0.0745. The van der Waals surface area contributed by atoms with E-state index in [4.69, 9.17) is 37.0 Å². The molecule has 2 fully saturated rings. The average Bonchev–Trinajstić information content (AvgIpc) is 1.59. The third-order valence-electron chi connectivity index (χ3n) is 23.9.